The highest BCUT2D eigenvalue weighted by Crippen LogP contribution is 2.11. The number of carbonyl (C=O) groups excluding carboxylic acids is 1. The van der Waals surface area contributed by atoms with Crippen molar-refractivity contribution in [3.63, 3.8) is 0 Å². The Kier molecular flexibility index (Phi) is 5.88. The third-order valence-electron chi connectivity index (χ3n) is 4.29. The molecular weight excluding hydrogens is 335 g/mol. The number of hydrogen-bond acceptors (Lipinski definition) is 3. The van der Waals surface area contributed by atoms with Crippen LogP contribution < -0.4 is 5.32 Å². The first kappa shape index (κ1) is 18.0. The fourth-order valence-electron chi connectivity index (χ4n) is 2.89. The van der Waals surface area contributed by atoms with E-state index in [0.717, 1.165) is 12.5 Å². The van der Waals surface area contributed by atoms with Gasteiger partial charge in [-0.05, 0) is 25.1 Å². The summed E-state index contributed by atoms with van der Waals surface area (Å²) in [6, 6.07) is 10.0. The highest BCUT2D eigenvalue weighted by molar-refractivity contribution is 5.91. The molecule has 0 atom stereocenters. The molecule has 0 bridgehead atoms. The Balaban J connectivity index is 1.62. The van der Waals surface area contributed by atoms with Crippen molar-refractivity contribution >= 4 is 11.9 Å². The molecule has 1 fully saturated rings. The summed E-state index contributed by atoms with van der Waals surface area (Å²) in [4.78, 5) is 20.8. The Hall–Kier alpha value is -2.83. The lowest BCUT2D eigenvalue weighted by molar-refractivity contribution is 0.0657. The largest absolute Gasteiger partial charge is 0.459 e. The van der Waals surface area contributed by atoms with Gasteiger partial charge >= 0.3 is 0 Å². The van der Waals surface area contributed by atoms with Crippen LogP contribution in [-0.4, -0.2) is 54.4 Å². The first-order valence-corrected chi connectivity index (χ1v) is 8.78. The molecule has 0 aliphatic carbocycles. The van der Waals surface area contributed by atoms with Crippen molar-refractivity contribution in [2.45, 2.75) is 13.5 Å². The van der Waals surface area contributed by atoms with Gasteiger partial charge in [0.15, 0.2) is 11.7 Å². The second-order valence-electron chi connectivity index (χ2n) is 6.02. The molecule has 1 amide bonds. The van der Waals surface area contributed by atoms with Gasteiger partial charge in [0.1, 0.15) is 5.82 Å². The van der Waals surface area contributed by atoms with E-state index in [1.807, 2.05) is 6.92 Å². The fourth-order valence-corrected chi connectivity index (χ4v) is 2.89. The van der Waals surface area contributed by atoms with E-state index >= 15 is 0 Å². The molecule has 6 nitrogen and oxygen atoms in total. The summed E-state index contributed by atoms with van der Waals surface area (Å²) >= 11 is 0. The fraction of sp³-hybridized carbons (Fsp3) is 0.368. The number of furan rings is 1. The number of rotatable bonds is 4. The van der Waals surface area contributed by atoms with Gasteiger partial charge in [-0.3, -0.25) is 4.79 Å². The maximum absolute atomic E-state index is 13.8. The number of nitrogens with one attached hydrogen (secondary N) is 1. The van der Waals surface area contributed by atoms with Crippen molar-refractivity contribution < 1.29 is 13.6 Å². The van der Waals surface area contributed by atoms with Crippen LogP contribution in [0.15, 0.2) is 52.1 Å². The van der Waals surface area contributed by atoms with E-state index < -0.39 is 0 Å². The molecule has 0 saturated carbocycles. The summed E-state index contributed by atoms with van der Waals surface area (Å²) in [5, 5.41) is 3.25. The molecule has 1 aromatic heterocycles. The maximum Gasteiger partial charge on any atom is 0.289 e. The highest BCUT2D eigenvalue weighted by Gasteiger charge is 2.25. The lowest BCUT2D eigenvalue weighted by atomic mass is 10.2. The number of hydrogen-bond donors (Lipinski definition) is 1. The first-order chi connectivity index (χ1) is 12.7. The lowest BCUT2D eigenvalue weighted by Crippen LogP contribution is -2.53. The summed E-state index contributed by atoms with van der Waals surface area (Å²) in [6.45, 7) is 5.50. The van der Waals surface area contributed by atoms with Crippen LogP contribution >= 0.6 is 0 Å². The zero-order valence-electron chi connectivity index (χ0n) is 14.8. The quantitative estimate of drug-likeness (QED) is 0.673. The van der Waals surface area contributed by atoms with Gasteiger partial charge in [0.05, 0.1) is 12.8 Å². The van der Waals surface area contributed by atoms with Crippen LogP contribution in [0.1, 0.15) is 23.0 Å². The molecule has 1 saturated heterocycles. The Labute approximate surface area is 152 Å². The number of nitrogens with zero attached hydrogens (tertiary/aromatic N) is 3. The minimum atomic E-state index is -0.249. The minimum absolute atomic E-state index is 0.0945. The highest BCUT2D eigenvalue weighted by atomic mass is 19.1. The molecule has 0 spiro atoms. The number of piperazine rings is 1. The zero-order chi connectivity index (χ0) is 18.4. The van der Waals surface area contributed by atoms with Gasteiger partial charge in [-0.1, -0.05) is 18.2 Å². The van der Waals surface area contributed by atoms with E-state index in [0.29, 0.717) is 37.5 Å². The molecule has 138 valence electrons. The normalized spacial score (nSPS) is 15.2. The van der Waals surface area contributed by atoms with Crippen molar-refractivity contribution in [1.82, 2.24) is 15.1 Å². The predicted molar refractivity (Wildman–Crippen MR) is 97.4 cm³/mol. The van der Waals surface area contributed by atoms with Gasteiger partial charge in [0.2, 0.25) is 0 Å². The molecule has 1 aliphatic rings. The molecule has 1 aliphatic heterocycles. The summed E-state index contributed by atoms with van der Waals surface area (Å²) in [5.41, 5.74) is 0.564. The molecule has 2 heterocycles. The molecule has 7 heteroatoms. The van der Waals surface area contributed by atoms with Crippen LogP contribution in [0.2, 0.25) is 0 Å². The van der Waals surface area contributed by atoms with Gasteiger partial charge in [-0.15, -0.1) is 0 Å². The number of benzene rings is 1. The third kappa shape index (κ3) is 4.22. The van der Waals surface area contributed by atoms with Gasteiger partial charge in [0, 0.05) is 38.3 Å². The van der Waals surface area contributed by atoms with Crippen LogP contribution in [0.5, 0.6) is 0 Å². The monoisotopic (exact) mass is 358 g/mol. The average molecular weight is 358 g/mol. The van der Waals surface area contributed by atoms with Crippen LogP contribution in [0.25, 0.3) is 0 Å². The van der Waals surface area contributed by atoms with E-state index in [-0.39, 0.29) is 18.3 Å². The van der Waals surface area contributed by atoms with Crippen molar-refractivity contribution in [2.75, 3.05) is 32.7 Å². The summed E-state index contributed by atoms with van der Waals surface area (Å²) in [5.74, 6) is 0.753. The van der Waals surface area contributed by atoms with Crippen LogP contribution in [-0.2, 0) is 6.54 Å². The third-order valence-corrected chi connectivity index (χ3v) is 4.29. The SMILES string of the molecule is CCNC(=NCc1ccccc1F)N1CCN(C(=O)c2ccco2)CC1. The van der Waals surface area contributed by atoms with E-state index in [2.05, 4.69) is 15.2 Å². The summed E-state index contributed by atoms with van der Waals surface area (Å²) < 4.78 is 19.0. The maximum atomic E-state index is 13.8. The molecule has 0 radical (unpaired) electrons. The minimum Gasteiger partial charge on any atom is -0.459 e. The Bertz CT molecular complexity index is 753. The van der Waals surface area contributed by atoms with Crippen molar-refractivity contribution in [2.24, 2.45) is 4.99 Å². The zero-order valence-corrected chi connectivity index (χ0v) is 14.8. The number of carbonyl (C=O) groups is 1. The lowest BCUT2D eigenvalue weighted by Gasteiger charge is -2.36. The van der Waals surface area contributed by atoms with Gasteiger partial charge < -0.3 is 19.5 Å². The molecule has 26 heavy (non-hydrogen) atoms. The van der Waals surface area contributed by atoms with E-state index in [4.69, 9.17) is 4.42 Å². The molecule has 1 N–H and O–H groups in total. The van der Waals surface area contributed by atoms with Crippen molar-refractivity contribution in [1.29, 1.82) is 0 Å². The van der Waals surface area contributed by atoms with E-state index in [1.54, 1.807) is 35.2 Å². The van der Waals surface area contributed by atoms with Crippen molar-refractivity contribution in [3.8, 4) is 0 Å². The molecule has 0 unspecified atom stereocenters. The average Bonchev–Trinajstić information content (AvgIpc) is 3.21. The Morgan fingerprint density at radius 1 is 1.15 bits per heavy atom. The molecule has 2 aromatic rings. The van der Waals surface area contributed by atoms with E-state index in [1.165, 1.54) is 12.3 Å². The summed E-state index contributed by atoms with van der Waals surface area (Å²) in [6.07, 6.45) is 1.50. The number of amides is 1. The topological polar surface area (TPSA) is 61.1 Å². The van der Waals surface area contributed by atoms with Crippen LogP contribution in [0.3, 0.4) is 0 Å². The molecule has 1 aromatic carbocycles. The Morgan fingerprint density at radius 2 is 1.88 bits per heavy atom. The predicted octanol–water partition coefficient (Wildman–Crippen LogP) is 2.34. The molecular formula is C19H23FN4O2. The smallest absolute Gasteiger partial charge is 0.289 e. The van der Waals surface area contributed by atoms with Gasteiger partial charge in [0.25, 0.3) is 5.91 Å². The first-order valence-electron chi connectivity index (χ1n) is 8.78. The van der Waals surface area contributed by atoms with Gasteiger partial charge in [-0.2, -0.15) is 0 Å². The van der Waals surface area contributed by atoms with Crippen LogP contribution in [0, 0.1) is 5.82 Å². The summed E-state index contributed by atoms with van der Waals surface area (Å²) in [7, 11) is 0. The second kappa shape index (κ2) is 8.51. The van der Waals surface area contributed by atoms with E-state index in [9.17, 15) is 9.18 Å². The van der Waals surface area contributed by atoms with Crippen LogP contribution in [0.4, 0.5) is 4.39 Å². The van der Waals surface area contributed by atoms with Gasteiger partial charge in [-0.25, -0.2) is 9.38 Å². The number of guanidine groups is 1. The van der Waals surface area contributed by atoms with Crippen molar-refractivity contribution in [3.05, 3.63) is 59.8 Å². The standard InChI is InChI=1S/C19H23FN4O2/c1-2-21-19(22-14-15-6-3-4-7-16(15)20)24-11-9-23(10-12-24)18(25)17-8-5-13-26-17/h3-8,13H,2,9-12,14H2,1H3,(H,21,22). The molecule has 3 rings (SSSR count). The Morgan fingerprint density at radius 3 is 2.54 bits per heavy atom. The second-order valence-corrected chi connectivity index (χ2v) is 6.02. The number of halogens is 1. The number of aliphatic imine (C=N–C) groups is 1.